The molecule has 0 aliphatic heterocycles. The molecule has 0 unspecified atom stereocenters. The normalized spacial score (nSPS) is 12.7. The number of carbonyl (C=O) groups excluding carboxylic acids is 1. The molecule has 0 fully saturated rings. The molecule has 0 radical (unpaired) electrons. The van der Waals surface area contributed by atoms with Gasteiger partial charge in [-0.15, -0.1) is 0 Å². The number of aromatic nitrogens is 1. The summed E-state index contributed by atoms with van der Waals surface area (Å²) in [6.07, 6.45) is 1.20. The van der Waals surface area contributed by atoms with Gasteiger partial charge in [0.15, 0.2) is 0 Å². The molecule has 1 amide bonds. The zero-order chi connectivity index (χ0) is 22.2. The lowest BCUT2D eigenvalue weighted by atomic mass is 10.1. The van der Waals surface area contributed by atoms with Crippen LogP contribution in [0.5, 0.6) is 0 Å². The van der Waals surface area contributed by atoms with Gasteiger partial charge < -0.3 is 9.88 Å². The SMILES string of the molecule is CC[C@@H](C(=O)Nc1ccc2c(c1)sc(=O)n2C)N(c1cc(Cl)ccc1Cl)S(C)(=O)=O. The van der Waals surface area contributed by atoms with Gasteiger partial charge in [-0.1, -0.05) is 41.5 Å². The van der Waals surface area contributed by atoms with Gasteiger partial charge in [0.05, 0.1) is 27.2 Å². The molecule has 0 aliphatic rings. The number of halogens is 2. The van der Waals surface area contributed by atoms with Gasteiger partial charge in [0.1, 0.15) is 6.04 Å². The molecule has 1 N–H and O–H groups in total. The van der Waals surface area contributed by atoms with Gasteiger partial charge in [-0.05, 0) is 42.8 Å². The molecule has 1 heterocycles. The second-order valence-electron chi connectivity index (χ2n) is 6.68. The molecule has 0 spiro atoms. The predicted octanol–water partition coefficient (Wildman–Crippen LogP) is 4.09. The van der Waals surface area contributed by atoms with Crippen molar-refractivity contribution in [3.8, 4) is 0 Å². The number of amides is 1. The molecule has 7 nitrogen and oxygen atoms in total. The van der Waals surface area contributed by atoms with Crippen molar-refractivity contribution in [3.05, 3.63) is 56.1 Å². The standard InChI is InChI=1S/C19H19Cl2N3O4S2/c1-4-14(24(30(3,27)28)16-9-11(20)5-7-13(16)21)18(25)22-12-6-8-15-17(10-12)29-19(26)23(15)2/h5-10,14H,4H2,1-3H3,(H,22,25)/t14-/m0/s1. The zero-order valence-corrected chi connectivity index (χ0v) is 19.5. The maximum Gasteiger partial charge on any atom is 0.307 e. The molecular weight excluding hydrogens is 469 g/mol. The summed E-state index contributed by atoms with van der Waals surface area (Å²) in [7, 11) is -2.18. The van der Waals surface area contributed by atoms with Crippen molar-refractivity contribution >= 4 is 72.1 Å². The summed E-state index contributed by atoms with van der Waals surface area (Å²) in [6, 6.07) is 8.45. The van der Waals surface area contributed by atoms with E-state index in [2.05, 4.69) is 5.32 Å². The molecule has 3 rings (SSSR count). The molecule has 3 aromatic rings. The van der Waals surface area contributed by atoms with Crippen LogP contribution >= 0.6 is 34.5 Å². The number of carbonyl (C=O) groups is 1. The highest BCUT2D eigenvalue weighted by Gasteiger charge is 2.33. The Morgan fingerprint density at radius 2 is 1.93 bits per heavy atom. The Morgan fingerprint density at radius 3 is 2.57 bits per heavy atom. The number of benzene rings is 2. The molecule has 0 saturated carbocycles. The maximum atomic E-state index is 13.1. The number of aryl methyl sites for hydroxylation is 1. The largest absolute Gasteiger partial charge is 0.324 e. The van der Waals surface area contributed by atoms with Crippen LogP contribution < -0.4 is 14.5 Å². The Morgan fingerprint density at radius 1 is 1.23 bits per heavy atom. The van der Waals surface area contributed by atoms with E-state index < -0.39 is 22.0 Å². The Balaban J connectivity index is 1.98. The first-order chi connectivity index (χ1) is 14.0. The number of sulfonamides is 1. The molecule has 11 heteroatoms. The summed E-state index contributed by atoms with van der Waals surface area (Å²) in [6.45, 7) is 1.70. The van der Waals surface area contributed by atoms with Gasteiger partial charge >= 0.3 is 4.87 Å². The van der Waals surface area contributed by atoms with E-state index in [1.165, 1.54) is 22.8 Å². The fourth-order valence-corrected chi connectivity index (χ4v) is 5.69. The van der Waals surface area contributed by atoms with E-state index in [1.54, 1.807) is 32.2 Å². The van der Waals surface area contributed by atoms with E-state index in [0.717, 1.165) is 27.4 Å². The van der Waals surface area contributed by atoms with Crippen molar-refractivity contribution in [1.29, 1.82) is 0 Å². The van der Waals surface area contributed by atoms with E-state index in [1.807, 2.05) is 0 Å². The smallest absolute Gasteiger partial charge is 0.307 e. The van der Waals surface area contributed by atoms with Crippen molar-refractivity contribution in [2.24, 2.45) is 7.05 Å². The molecular formula is C19H19Cl2N3O4S2. The fourth-order valence-electron chi connectivity index (χ4n) is 3.13. The van der Waals surface area contributed by atoms with Crippen molar-refractivity contribution < 1.29 is 13.2 Å². The van der Waals surface area contributed by atoms with Crippen LogP contribution in [0.15, 0.2) is 41.2 Å². The first-order valence-electron chi connectivity index (χ1n) is 8.87. The summed E-state index contributed by atoms with van der Waals surface area (Å²) in [5.74, 6) is -0.526. The highest BCUT2D eigenvalue weighted by Crippen LogP contribution is 2.33. The number of fused-ring (bicyclic) bond motifs is 1. The lowest BCUT2D eigenvalue weighted by molar-refractivity contribution is -0.117. The number of nitrogens with one attached hydrogen (secondary N) is 1. The van der Waals surface area contributed by atoms with Gasteiger partial charge in [0.25, 0.3) is 0 Å². The zero-order valence-electron chi connectivity index (χ0n) is 16.3. The summed E-state index contributed by atoms with van der Waals surface area (Å²) in [5.41, 5.74) is 1.34. The number of thiazole rings is 1. The third-order valence-electron chi connectivity index (χ3n) is 4.54. The lowest BCUT2D eigenvalue weighted by Crippen LogP contribution is -2.47. The van der Waals surface area contributed by atoms with Gasteiger partial charge in [-0.2, -0.15) is 0 Å². The number of rotatable bonds is 6. The van der Waals surface area contributed by atoms with E-state index >= 15 is 0 Å². The minimum absolute atomic E-state index is 0.112. The van der Waals surface area contributed by atoms with Crippen molar-refractivity contribution in [3.63, 3.8) is 0 Å². The van der Waals surface area contributed by atoms with Gasteiger partial charge in [-0.25, -0.2) is 8.42 Å². The Labute approximate surface area is 187 Å². The minimum atomic E-state index is -3.86. The van der Waals surface area contributed by atoms with Crippen LogP contribution in [-0.2, 0) is 21.9 Å². The Hall–Kier alpha value is -2.07. The van der Waals surface area contributed by atoms with Crippen LogP contribution in [0.2, 0.25) is 10.0 Å². The van der Waals surface area contributed by atoms with E-state index in [9.17, 15) is 18.0 Å². The van der Waals surface area contributed by atoms with Crippen LogP contribution in [0.3, 0.4) is 0 Å². The molecule has 30 heavy (non-hydrogen) atoms. The maximum absolute atomic E-state index is 13.1. The summed E-state index contributed by atoms with van der Waals surface area (Å²) < 4.78 is 28.4. The molecule has 1 atom stereocenters. The highest BCUT2D eigenvalue weighted by atomic mass is 35.5. The molecule has 1 aromatic heterocycles. The predicted molar refractivity (Wildman–Crippen MR) is 124 cm³/mol. The number of hydrogen-bond acceptors (Lipinski definition) is 5. The van der Waals surface area contributed by atoms with E-state index in [4.69, 9.17) is 23.2 Å². The Bertz CT molecular complexity index is 1280. The fraction of sp³-hybridized carbons (Fsp3) is 0.263. The van der Waals surface area contributed by atoms with Crippen molar-refractivity contribution in [2.75, 3.05) is 15.9 Å². The molecule has 0 aliphatic carbocycles. The van der Waals surface area contributed by atoms with Crippen molar-refractivity contribution in [2.45, 2.75) is 19.4 Å². The summed E-state index contributed by atoms with van der Waals surface area (Å²) in [5, 5.41) is 3.20. The second-order valence-corrected chi connectivity index (χ2v) is 10.4. The van der Waals surface area contributed by atoms with Gasteiger partial charge in [0.2, 0.25) is 15.9 Å². The number of hydrogen-bond donors (Lipinski definition) is 1. The molecule has 2 aromatic carbocycles. The average molecular weight is 488 g/mol. The lowest BCUT2D eigenvalue weighted by Gasteiger charge is -2.30. The van der Waals surface area contributed by atoms with Gasteiger partial charge in [-0.3, -0.25) is 13.9 Å². The van der Waals surface area contributed by atoms with Crippen LogP contribution in [0.25, 0.3) is 10.2 Å². The summed E-state index contributed by atoms with van der Waals surface area (Å²) in [4.78, 5) is 24.8. The highest BCUT2D eigenvalue weighted by molar-refractivity contribution is 7.92. The quantitative estimate of drug-likeness (QED) is 0.566. The van der Waals surface area contributed by atoms with Crippen LogP contribution in [0.4, 0.5) is 11.4 Å². The van der Waals surface area contributed by atoms with E-state index in [0.29, 0.717) is 15.4 Å². The first kappa shape index (κ1) is 22.6. The minimum Gasteiger partial charge on any atom is -0.324 e. The molecule has 0 saturated heterocycles. The first-order valence-corrected chi connectivity index (χ1v) is 12.3. The third kappa shape index (κ3) is 4.49. The average Bonchev–Trinajstić information content (AvgIpc) is 2.94. The monoisotopic (exact) mass is 487 g/mol. The van der Waals surface area contributed by atoms with E-state index in [-0.39, 0.29) is 22.0 Å². The number of anilines is 2. The second kappa shape index (κ2) is 8.58. The third-order valence-corrected chi connectivity index (χ3v) is 7.25. The summed E-state index contributed by atoms with van der Waals surface area (Å²) >= 11 is 13.3. The molecule has 0 bridgehead atoms. The van der Waals surface area contributed by atoms with Crippen LogP contribution in [0, 0.1) is 0 Å². The topological polar surface area (TPSA) is 88.5 Å². The van der Waals surface area contributed by atoms with Crippen LogP contribution in [-0.4, -0.2) is 31.2 Å². The Kier molecular flexibility index (Phi) is 6.47. The molecule has 160 valence electrons. The van der Waals surface area contributed by atoms with Crippen molar-refractivity contribution in [1.82, 2.24) is 4.57 Å². The van der Waals surface area contributed by atoms with Crippen LogP contribution in [0.1, 0.15) is 13.3 Å². The number of nitrogens with zero attached hydrogens (tertiary/aromatic N) is 2. The van der Waals surface area contributed by atoms with Gasteiger partial charge in [0, 0.05) is 17.8 Å².